The first kappa shape index (κ1) is 19.2. The summed E-state index contributed by atoms with van der Waals surface area (Å²) in [5, 5.41) is 21.7. The van der Waals surface area contributed by atoms with Crippen molar-refractivity contribution in [3.63, 3.8) is 0 Å². The number of carbonyl (C=O) groups is 1. The maximum atomic E-state index is 12.1. The van der Waals surface area contributed by atoms with Gasteiger partial charge in [0.25, 0.3) is 11.4 Å². The summed E-state index contributed by atoms with van der Waals surface area (Å²) >= 11 is 0. The normalized spacial score (nSPS) is 14.3. The van der Waals surface area contributed by atoms with Crippen LogP contribution in [-0.2, 0) is 9.47 Å². The number of ether oxygens (including phenoxy) is 4. The molecular formula is C17H14N2O9. The van der Waals surface area contributed by atoms with E-state index in [1.807, 2.05) is 0 Å². The molecule has 2 aromatic rings. The summed E-state index contributed by atoms with van der Waals surface area (Å²) in [6, 6.07) is 8.43. The number of carbonyl (C=O) groups excluding carboxylic acids is 1. The van der Waals surface area contributed by atoms with Crippen molar-refractivity contribution in [2.45, 2.75) is 12.7 Å². The lowest BCUT2D eigenvalue weighted by Gasteiger charge is -2.24. The maximum absolute atomic E-state index is 12.1. The standard InChI is InChI=1S/C17H14N2O9/c20-17(27-13-5-2-11(3-6-13)18(21)22)28-15-7-4-12(19(23)24)10-14(15)16-25-8-1-9-26-16/h2-7,10,16H,1,8-9H2. The van der Waals surface area contributed by atoms with E-state index in [1.165, 1.54) is 42.5 Å². The van der Waals surface area contributed by atoms with Crippen LogP contribution in [0.2, 0.25) is 0 Å². The van der Waals surface area contributed by atoms with Gasteiger partial charge in [0.1, 0.15) is 11.5 Å². The van der Waals surface area contributed by atoms with Crippen LogP contribution in [0.5, 0.6) is 11.5 Å². The van der Waals surface area contributed by atoms with Gasteiger partial charge >= 0.3 is 6.16 Å². The van der Waals surface area contributed by atoms with Gasteiger partial charge in [-0.3, -0.25) is 20.2 Å². The molecule has 2 aromatic carbocycles. The second kappa shape index (κ2) is 8.41. The first-order valence-electron chi connectivity index (χ1n) is 8.09. The van der Waals surface area contributed by atoms with Gasteiger partial charge in [0.05, 0.1) is 28.6 Å². The average Bonchev–Trinajstić information content (AvgIpc) is 2.69. The molecule has 1 fully saturated rings. The molecule has 1 aliphatic heterocycles. The van der Waals surface area contributed by atoms with Gasteiger partial charge in [0.15, 0.2) is 6.29 Å². The zero-order chi connectivity index (χ0) is 20.1. The molecule has 3 rings (SSSR count). The maximum Gasteiger partial charge on any atom is 0.519 e. The van der Waals surface area contributed by atoms with Crippen molar-refractivity contribution in [3.8, 4) is 11.5 Å². The molecule has 0 N–H and O–H groups in total. The molecule has 1 saturated heterocycles. The first-order valence-corrected chi connectivity index (χ1v) is 8.09. The van der Waals surface area contributed by atoms with Crippen LogP contribution in [0.25, 0.3) is 0 Å². The Morgan fingerprint density at radius 1 is 0.929 bits per heavy atom. The van der Waals surface area contributed by atoms with Gasteiger partial charge in [-0.2, -0.15) is 0 Å². The molecule has 11 heteroatoms. The SMILES string of the molecule is O=C(Oc1ccc([N+](=O)[O-])cc1)Oc1ccc([N+](=O)[O-])cc1C1OCCCO1. The predicted molar refractivity (Wildman–Crippen MR) is 92.1 cm³/mol. The molecule has 0 saturated carbocycles. The number of nitrogens with zero attached hydrogens (tertiary/aromatic N) is 2. The van der Waals surface area contributed by atoms with Gasteiger partial charge in [0.2, 0.25) is 0 Å². The summed E-state index contributed by atoms with van der Waals surface area (Å²) in [5.41, 5.74) is -0.205. The van der Waals surface area contributed by atoms with E-state index in [0.717, 1.165) is 0 Å². The van der Waals surface area contributed by atoms with Crippen molar-refractivity contribution in [2.24, 2.45) is 0 Å². The molecule has 28 heavy (non-hydrogen) atoms. The highest BCUT2D eigenvalue weighted by atomic mass is 16.7. The summed E-state index contributed by atoms with van der Waals surface area (Å²) in [5.74, 6) is 0.00800. The number of non-ortho nitro benzene ring substituents is 2. The van der Waals surface area contributed by atoms with Gasteiger partial charge in [0, 0.05) is 24.3 Å². The highest BCUT2D eigenvalue weighted by Gasteiger charge is 2.25. The van der Waals surface area contributed by atoms with Crippen LogP contribution in [-0.4, -0.2) is 29.2 Å². The third-order valence-corrected chi connectivity index (χ3v) is 3.73. The van der Waals surface area contributed by atoms with Crippen LogP contribution in [0.1, 0.15) is 18.3 Å². The highest BCUT2D eigenvalue weighted by molar-refractivity contribution is 5.68. The summed E-state index contributed by atoms with van der Waals surface area (Å²) in [4.78, 5) is 32.6. The minimum atomic E-state index is -1.13. The molecule has 0 aromatic heterocycles. The Kier molecular flexibility index (Phi) is 5.77. The Balaban J connectivity index is 1.77. The van der Waals surface area contributed by atoms with Gasteiger partial charge in [-0.25, -0.2) is 4.79 Å². The second-order valence-corrected chi connectivity index (χ2v) is 5.61. The van der Waals surface area contributed by atoms with Gasteiger partial charge in [-0.15, -0.1) is 0 Å². The molecule has 11 nitrogen and oxygen atoms in total. The first-order chi connectivity index (χ1) is 13.4. The van der Waals surface area contributed by atoms with Crippen molar-refractivity contribution in [1.82, 2.24) is 0 Å². The zero-order valence-electron chi connectivity index (χ0n) is 14.3. The van der Waals surface area contributed by atoms with Gasteiger partial charge in [-0.05, 0) is 24.6 Å². The fourth-order valence-corrected chi connectivity index (χ4v) is 2.44. The number of rotatable bonds is 5. The smallest absolute Gasteiger partial charge is 0.395 e. The van der Waals surface area contributed by atoms with Crippen LogP contribution in [0, 0.1) is 20.2 Å². The third-order valence-electron chi connectivity index (χ3n) is 3.73. The number of nitro benzene ring substituents is 2. The summed E-state index contributed by atoms with van der Waals surface area (Å²) < 4.78 is 21.0. The average molecular weight is 390 g/mol. The topological polar surface area (TPSA) is 140 Å². The van der Waals surface area contributed by atoms with Crippen LogP contribution in [0.4, 0.5) is 16.2 Å². The number of nitro groups is 2. The predicted octanol–water partition coefficient (Wildman–Crippen LogP) is 3.52. The van der Waals surface area contributed by atoms with Gasteiger partial charge < -0.3 is 18.9 Å². The quantitative estimate of drug-likeness (QED) is 0.324. The van der Waals surface area contributed by atoms with E-state index < -0.39 is 22.3 Å². The van der Waals surface area contributed by atoms with Crippen LogP contribution >= 0.6 is 0 Å². The van der Waals surface area contributed by atoms with Crippen molar-refractivity contribution in [3.05, 3.63) is 68.3 Å². The lowest BCUT2D eigenvalue weighted by atomic mass is 10.1. The molecule has 0 bridgehead atoms. The molecule has 1 aliphatic rings. The molecular weight excluding hydrogens is 376 g/mol. The van der Waals surface area contributed by atoms with Crippen molar-refractivity contribution in [2.75, 3.05) is 13.2 Å². The van der Waals surface area contributed by atoms with E-state index in [1.54, 1.807) is 0 Å². The molecule has 0 radical (unpaired) electrons. The third kappa shape index (κ3) is 4.58. The van der Waals surface area contributed by atoms with E-state index in [4.69, 9.17) is 18.9 Å². The minimum absolute atomic E-state index is 0.0237. The summed E-state index contributed by atoms with van der Waals surface area (Å²) in [7, 11) is 0. The molecule has 0 unspecified atom stereocenters. The Morgan fingerprint density at radius 2 is 1.54 bits per heavy atom. The zero-order valence-corrected chi connectivity index (χ0v) is 14.3. The van der Waals surface area contributed by atoms with Crippen LogP contribution < -0.4 is 9.47 Å². The number of hydrogen-bond acceptors (Lipinski definition) is 9. The van der Waals surface area contributed by atoms with E-state index >= 15 is 0 Å². The van der Waals surface area contributed by atoms with E-state index in [2.05, 4.69) is 0 Å². The van der Waals surface area contributed by atoms with Crippen molar-refractivity contribution >= 4 is 17.5 Å². The molecule has 0 atom stereocenters. The Hall–Kier alpha value is -3.57. The molecule has 0 aliphatic carbocycles. The highest BCUT2D eigenvalue weighted by Crippen LogP contribution is 2.34. The Morgan fingerprint density at radius 3 is 2.14 bits per heavy atom. The van der Waals surface area contributed by atoms with Crippen LogP contribution in [0.3, 0.4) is 0 Å². The lowest BCUT2D eigenvalue weighted by molar-refractivity contribution is -0.385. The van der Waals surface area contributed by atoms with Crippen molar-refractivity contribution in [1.29, 1.82) is 0 Å². The van der Waals surface area contributed by atoms with E-state index in [-0.39, 0.29) is 28.4 Å². The fraction of sp³-hybridized carbons (Fsp3) is 0.235. The Bertz CT molecular complexity index is 892. The molecule has 0 spiro atoms. The lowest BCUT2D eigenvalue weighted by Crippen LogP contribution is -2.20. The second-order valence-electron chi connectivity index (χ2n) is 5.61. The van der Waals surface area contributed by atoms with E-state index in [9.17, 15) is 25.0 Å². The van der Waals surface area contributed by atoms with Gasteiger partial charge in [-0.1, -0.05) is 0 Å². The fourth-order valence-electron chi connectivity index (χ4n) is 2.44. The minimum Gasteiger partial charge on any atom is -0.395 e. The summed E-state index contributed by atoms with van der Waals surface area (Å²) in [6.07, 6.45) is -1.38. The number of benzene rings is 2. The van der Waals surface area contributed by atoms with Crippen molar-refractivity contribution < 1.29 is 33.6 Å². The molecule has 1 heterocycles. The monoisotopic (exact) mass is 390 g/mol. The van der Waals surface area contributed by atoms with E-state index in [0.29, 0.717) is 19.6 Å². The molecule has 0 amide bonds. The molecule has 146 valence electrons. The Labute approximate surface area is 157 Å². The largest absolute Gasteiger partial charge is 0.519 e. The van der Waals surface area contributed by atoms with Crippen LogP contribution in [0.15, 0.2) is 42.5 Å². The number of hydrogen-bond donors (Lipinski definition) is 0. The summed E-state index contributed by atoms with van der Waals surface area (Å²) in [6.45, 7) is 0.778.